The second-order valence-corrected chi connectivity index (χ2v) is 6.30. The minimum absolute atomic E-state index is 0.0453. The molecule has 0 aliphatic heterocycles. The van der Waals surface area contributed by atoms with Gasteiger partial charge in [0.25, 0.3) is 5.91 Å². The Balaban J connectivity index is 1.90. The number of halogens is 1. The zero-order valence-corrected chi connectivity index (χ0v) is 15.0. The van der Waals surface area contributed by atoms with E-state index in [1.807, 2.05) is 57.2 Å². The molecule has 1 N–H and O–H groups in total. The summed E-state index contributed by atoms with van der Waals surface area (Å²) in [5.41, 5.74) is 1.74. The molecule has 0 fully saturated rings. The van der Waals surface area contributed by atoms with E-state index < -0.39 is 0 Å². The molecule has 122 valence electrons. The maximum absolute atomic E-state index is 12.0. The topological polar surface area (TPSA) is 47.6 Å². The third-order valence-electron chi connectivity index (χ3n) is 2.99. The molecule has 0 radical (unpaired) electrons. The minimum Gasteiger partial charge on any atom is -0.491 e. The number of benzene rings is 2. The molecule has 0 saturated carbocycles. The summed E-state index contributed by atoms with van der Waals surface area (Å²) in [5.74, 6) is 1.17. The fourth-order valence-corrected chi connectivity index (χ4v) is 2.22. The van der Waals surface area contributed by atoms with Crippen LogP contribution in [0.25, 0.3) is 0 Å². The predicted octanol–water partition coefficient (Wildman–Crippen LogP) is 4.56. The van der Waals surface area contributed by atoms with Crippen molar-refractivity contribution < 1.29 is 14.3 Å². The average Bonchev–Trinajstić information content (AvgIpc) is 2.48. The van der Waals surface area contributed by atoms with Gasteiger partial charge in [-0.1, -0.05) is 22.0 Å². The van der Waals surface area contributed by atoms with E-state index in [9.17, 15) is 4.79 Å². The van der Waals surface area contributed by atoms with Crippen LogP contribution in [0.2, 0.25) is 0 Å². The number of aryl methyl sites for hydroxylation is 1. The molecule has 4 nitrogen and oxygen atoms in total. The summed E-state index contributed by atoms with van der Waals surface area (Å²) in [7, 11) is 0. The van der Waals surface area contributed by atoms with Crippen molar-refractivity contribution in [3.05, 3.63) is 52.5 Å². The van der Waals surface area contributed by atoms with E-state index in [1.54, 1.807) is 6.07 Å². The number of hydrogen-bond acceptors (Lipinski definition) is 3. The highest BCUT2D eigenvalue weighted by Crippen LogP contribution is 2.22. The Kier molecular flexibility index (Phi) is 6.04. The van der Waals surface area contributed by atoms with Gasteiger partial charge < -0.3 is 14.8 Å². The van der Waals surface area contributed by atoms with Crippen molar-refractivity contribution >= 4 is 27.5 Å². The van der Waals surface area contributed by atoms with E-state index in [4.69, 9.17) is 9.47 Å². The van der Waals surface area contributed by atoms with Gasteiger partial charge in [-0.25, -0.2) is 0 Å². The molecule has 2 rings (SSSR count). The summed E-state index contributed by atoms with van der Waals surface area (Å²) in [6.45, 7) is 5.84. The molecule has 0 atom stereocenters. The molecular weight excluding hydrogens is 358 g/mol. The van der Waals surface area contributed by atoms with E-state index >= 15 is 0 Å². The van der Waals surface area contributed by atoms with Gasteiger partial charge in [-0.15, -0.1) is 0 Å². The first-order chi connectivity index (χ1) is 10.9. The van der Waals surface area contributed by atoms with Gasteiger partial charge in [0.15, 0.2) is 6.61 Å². The van der Waals surface area contributed by atoms with Crippen LogP contribution in [0.1, 0.15) is 19.4 Å². The SMILES string of the molecule is Cc1cc(OCC(=O)Nc2cccc(OC(C)C)c2)ccc1Br. The van der Waals surface area contributed by atoms with E-state index in [0.717, 1.165) is 15.8 Å². The maximum Gasteiger partial charge on any atom is 0.262 e. The van der Waals surface area contributed by atoms with Crippen molar-refractivity contribution in [3.63, 3.8) is 0 Å². The van der Waals surface area contributed by atoms with Gasteiger partial charge >= 0.3 is 0 Å². The van der Waals surface area contributed by atoms with E-state index in [-0.39, 0.29) is 18.6 Å². The molecule has 0 aliphatic rings. The van der Waals surface area contributed by atoms with Crippen LogP contribution in [0.4, 0.5) is 5.69 Å². The Labute approximate surface area is 144 Å². The van der Waals surface area contributed by atoms with Gasteiger partial charge in [-0.3, -0.25) is 4.79 Å². The first kappa shape index (κ1) is 17.3. The van der Waals surface area contributed by atoms with Crippen molar-refractivity contribution in [1.82, 2.24) is 0 Å². The van der Waals surface area contributed by atoms with Crippen LogP contribution >= 0.6 is 15.9 Å². The molecule has 23 heavy (non-hydrogen) atoms. The van der Waals surface area contributed by atoms with Gasteiger partial charge in [-0.05, 0) is 56.7 Å². The number of ether oxygens (including phenoxy) is 2. The van der Waals surface area contributed by atoms with E-state index in [2.05, 4.69) is 21.2 Å². The van der Waals surface area contributed by atoms with Crippen LogP contribution in [0.3, 0.4) is 0 Å². The Morgan fingerprint density at radius 1 is 1.17 bits per heavy atom. The lowest BCUT2D eigenvalue weighted by atomic mass is 10.2. The Bertz CT molecular complexity index is 686. The average molecular weight is 378 g/mol. The Morgan fingerprint density at radius 2 is 1.96 bits per heavy atom. The minimum atomic E-state index is -0.215. The summed E-state index contributed by atoms with van der Waals surface area (Å²) >= 11 is 3.43. The fraction of sp³-hybridized carbons (Fsp3) is 0.278. The summed E-state index contributed by atoms with van der Waals surface area (Å²) in [6.07, 6.45) is 0.0879. The highest BCUT2D eigenvalue weighted by atomic mass is 79.9. The van der Waals surface area contributed by atoms with Crippen molar-refractivity contribution in [1.29, 1.82) is 0 Å². The van der Waals surface area contributed by atoms with Crippen molar-refractivity contribution in [2.24, 2.45) is 0 Å². The van der Waals surface area contributed by atoms with Gasteiger partial charge in [0.1, 0.15) is 11.5 Å². The lowest BCUT2D eigenvalue weighted by molar-refractivity contribution is -0.118. The van der Waals surface area contributed by atoms with Gasteiger partial charge in [-0.2, -0.15) is 0 Å². The van der Waals surface area contributed by atoms with Crippen LogP contribution in [-0.2, 0) is 4.79 Å². The number of hydrogen-bond donors (Lipinski definition) is 1. The van der Waals surface area contributed by atoms with Crippen molar-refractivity contribution in [2.75, 3.05) is 11.9 Å². The van der Waals surface area contributed by atoms with Gasteiger partial charge in [0, 0.05) is 16.2 Å². The molecule has 1 amide bonds. The van der Waals surface area contributed by atoms with Gasteiger partial charge in [0.2, 0.25) is 0 Å². The smallest absolute Gasteiger partial charge is 0.262 e. The Morgan fingerprint density at radius 3 is 2.65 bits per heavy atom. The van der Waals surface area contributed by atoms with Crippen LogP contribution in [0.5, 0.6) is 11.5 Å². The summed E-state index contributed by atoms with van der Waals surface area (Å²) in [5, 5.41) is 2.80. The molecule has 0 heterocycles. The number of nitrogens with one attached hydrogen (secondary N) is 1. The summed E-state index contributed by atoms with van der Waals surface area (Å²) in [6, 6.07) is 12.9. The number of rotatable bonds is 6. The molecule has 0 spiro atoms. The number of carbonyl (C=O) groups excluding carboxylic acids is 1. The van der Waals surface area contributed by atoms with E-state index in [1.165, 1.54) is 0 Å². The predicted molar refractivity (Wildman–Crippen MR) is 95.2 cm³/mol. The molecule has 0 unspecified atom stereocenters. The second kappa shape index (κ2) is 8.02. The molecule has 0 aliphatic carbocycles. The number of carbonyl (C=O) groups is 1. The first-order valence-corrected chi connectivity index (χ1v) is 8.19. The van der Waals surface area contributed by atoms with Crippen LogP contribution in [-0.4, -0.2) is 18.6 Å². The van der Waals surface area contributed by atoms with Crippen LogP contribution < -0.4 is 14.8 Å². The number of anilines is 1. The normalized spacial score (nSPS) is 10.5. The Hall–Kier alpha value is -2.01. The monoisotopic (exact) mass is 377 g/mol. The van der Waals surface area contributed by atoms with Crippen molar-refractivity contribution in [2.45, 2.75) is 26.9 Å². The molecule has 2 aromatic carbocycles. The quantitative estimate of drug-likeness (QED) is 0.802. The lowest BCUT2D eigenvalue weighted by Gasteiger charge is -2.12. The lowest BCUT2D eigenvalue weighted by Crippen LogP contribution is -2.20. The largest absolute Gasteiger partial charge is 0.491 e. The molecule has 5 heteroatoms. The third-order valence-corrected chi connectivity index (χ3v) is 3.88. The zero-order valence-electron chi connectivity index (χ0n) is 13.4. The molecular formula is C18H20BrNO3. The number of amides is 1. The van der Waals surface area contributed by atoms with Crippen LogP contribution in [0, 0.1) is 6.92 Å². The second-order valence-electron chi connectivity index (χ2n) is 5.44. The molecule has 2 aromatic rings. The highest BCUT2D eigenvalue weighted by Gasteiger charge is 2.06. The van der Waals surface area contributed by atoms with Crippen LogP contribution in [0.15, 0.2) is 46.9 Å². The van der Waals surface area contributed by atoms with Gasteiger partial charge in [0.05, 0.1) is 6.10 Å². The standard InChI is InChI=1S/C18H20BrNO3/c1-12(2)23-16-6-4-5-14(10-16)20-18(21)11-22-15-7-8-17(19)13(3)9-15/h4-10,12H,11H2,1-3H3,(H,20,21). The summed E-state index contributed by atoms with van der Waals surface area (Å²) < 4.78 is 12.1. The van der Waals surface area contributed by atoms with E-state index in [0.29, 0.717) is 11.4 Å². The highest BCUT2D eigenvalue weighted by molar-refractivity contribution is 9.10. The molecule has 0 aromatic heterocycles. The summed E-state index contributed by atoms with van der Waals surface area (Å²) in [4.78, 5) is 12.0. The fourth-order valence-electron chi connectivity index (χ4n) is 1.97. The third kappa shape index (κ3) is 5.60. The first-order valence-electron chi connectivity index (χ1n) is 7.39. The maximum atomic E-state index is 12.0. The zero-order chi connectivity index (χ0) is 16.8. The van der Waals surface area contributed by atoms with Crippen molar-refractivity contribution in [3.8, 4) is 11.5 Å². The molecule has 0 saturated heterocycles. The molecule has 0 bridgehead atoms.